The number of aromatic hydroxyl groups is 1. The summed E-state index contributed by atoms with van der Waals surface area (Å²) in [5.74, 6) is 1.47. The number of aryl methyl sites for hydroxylation is 2. The minimum atomic E-state index is -0.363. The molecule has 1 heterocycles. The number of nitrogens with zero attached hydrogens (tertiary/aromatic N) is 1. The Morgan fingerprint density at radius 1 is 1.39 bits per heavy atom. The molecule has 0 aliphatic heterocycles. The number of phenols is 1. The fourth-order valence-electron chi connectivity index (χ4n) is 2.02. The lowest BCUT2D eigenvalue weighted by Gasteiger charge is -2.06. The molecule has 2 rings (SSSR count). The number of hydrazone groups is 1. The van der Waals surface area contributed by atoms with E-state index in [9.17, 15) is 9.90 Å². The number of rotatable bonds is 6. The first kappa shape index (κ1) is 16.6. The van der Waals surface area contributed by atoms with E-state index < -0.39 is 0 Å². The number of carbonyl (C=O) groups is 1. The van der Waals surface area contributed by atoms with Crippen LogP contribution in [0.5, 0.6) is 11.5 Å². The van der Waals surface area contributed by atoms with Gasteiger partial charge in [0.2, 0.25) is 0 Å². The highest BCUT2D eigenvalue weighted by Gasteiger charge is 2.12. The van der Waals surface area contributed by atoms with Gasteiger partial charge in [-0.15, -0.1) is 0 Å². The van der Waals surface area contributed by atoms with E-state index in [1.807, 2.05) is 6.92 Å². The van der Waals surface area contributed by atoms with Crippen molar-refractivity contribution in [2.75, 3.05) is 6.61 Å². The van der Waals surface area contributed by atoms with Gasteiger partial charge in [0.05, 0.1) is 18.4 Å². The van der Waals surface area contributed by atoms with E-state index in [4.69, 9.17) is 9.15 Å². The van der Waals surface area contributed by atoms with Gasteiger partial charge < -0.3 is 14.3 Å². The van der Waals surface area contributed by atoms with Crippen LogP contribution in [0.15, 0.2) is 33.8 Å². The van der Waals surface area contributed by atoms with Crippen LogP contribution in [0.3, 0.4) is 0 Å². The SMILES string of the molecule is CCCOc1ccc(C=NNC(=O)c2cc(C)oc2C)c(O)c1. The number of hydrogen-bond donors (Lipinski definition) is 2. The van der Waals surface area contributed by atoms with Crippen LogP contribution in [-0.4, -0.2) is 23.8 Å². The maximum absolute atomic E-state index is 12.0. The molecule has 0 saturated carbocycles. The van der Waals surface area contributed by atoms with Gasteiger partial charge in [-0.3, -0.25) is 4.79 Å². The van der Waals surface area contributed by atoms with Gasteiger partial charge in [-0.05, 0) is 38.5 Å². The standard InChI is InChI=1S/C17H20N2O4/c1-4-7-22-14-6-5-13(16(20)9-14)10-18-19-17(21)15-8-11(2)23-12(15)3/h5-6,8-10,20H,4,7H2,1-3H3,(H,19,21). The van der Waals surface area contributed by atoms with E-state index in [2.05, 4.69) is 10.5 Å². The number of nitrogens with one attached hydrogen (secondary N) is 1. The Morgan fingerprint density at radius 3 is 2.78 bits per heavy atom. The van der Waals surface area contributed by atoms with Gasteiger partial charge in [0.15, 0.2) is 0 Å². The minimum absolute atomic E-state index is 0.0342. The summed E-state index contributed by atoms with van der Waals surface area (Å²) in [7, 11) is 0. The molecule has 0 fully saturated rings. The minimum Gasteiger partial charge on any atom is -0.507 e. The molecule has 0 spiro atoms. The van der Waals surface area contributed by atoms with Gasteiger partial charge in [0.25, 0.3) is 5.91 Å². The summed E-state index contributed by atoms with van der Waals surface area (Å²) in [6, 6.07) is 6.57. The number of hydrogen-bond acceptors (Lipinski definition) is 5. The van der Waals surface area contributed by atoms with E-state index in [0.717, 1.165) is 6.42 Å². The van der Waals surface area contributed by atoms with Gasteiger partial charge in [0, 0.05) is 11.6 Å². The van der Waals surface area contributed by atoms with Crippen molar-refractivity contribution in [1.82, 2.24) is 5.43 Å². The predicted octanol–water partition coefficient (Wildman–Crippen LogP) is 3.15. The highest BCUT2D eigenvalue weighted by molar-refractivity contribution is 5.96. The average Bonchev–Trinajstić information content (AvgIpc) is 2.85. The van der Waals surface area contributed by atoms with Crippen LogP contribution in [0.1, 0.15) is 40.8 Å². The van der Waals surface area contributed by atoms with Crippen LogP contribution in [-0.2, 0) is 0 Å². The van der Waals surface area contributed by atoms with Gasteiger partial charge in [-0.25, -0.2) is 5.43 Å². The molecule has 0 saturated heterocycles. The summed E-state index contributed by atoms with van der Waals surface area (Å²) >= 11 is 0. The van der Waals surface area contributed by atoms with Crippen LogP contribution in [0.2, 0.25) is 0 Å². The van der Waals surface area contributed by atoms with Gasteiger partial charge >= 0.3 is 0 Å². The quantitative estimate of drug-likeness (QED) is 0.633. The highest BCUT2D eigenvalue weighted by atomic mass is 16.5. The fourth-order valence-corrected chi connectivity index (χ4v) is 2.02. The lowest BCUT2D eigenvalue weighted by Crippen LogP contribution is -2.17. The number of amides is 1. The third-order valence-electron chi connectivity index (χ3n) is 3.13. The second-order valence-corrected chi connectivity index (χ2v) is 5.10. The molecule has 2 aromatic rings. The van der Waals surface area contributed by atoms with Crippen molar-refractivity contribution >= 4 is 12.1 Å². The van der Waals surface area contributed by atoms with Crippen molar-refractivity contribution in [3.63, 3.8) is 0 Å². The second kappa shape index (κ2) is 7.49. The maximum atomic E-state index is 12.0. The molecule has 0 bridgehead atoms. The Kier molecular flexibility index (Phi) is 5.41. The van der Waals surface area contributed by atoms with Crippen LogP contribution in [0.4, 0.5) is 0 Å². The maximum Gasteiger partial charge on any atom is 0.274 e. The van der Waals surface area contributed by atoms with Gasteiger partial charge in [-0.1, -0.05) is 6.92 Å². The molecule has 6 heteroatoms. The zero-order chi connectivity index (χ0) is 16.8. The Bertz CT molecular complexity index is 719. The van der Waals surface area contributed by atoms with E-state index in [1.54, 1.807) is 32.0 Å². The first-order valence-electron chi connectivity index (χ1n) is 7.37. The van der Waals surface area contributed by atoms with Crippen molar-refractivity contribution in [2.45, 2.75) is 27.2 Å². The summed E-state index contributed by atoms with van der Waals surface area (Å²) in [4.78, 5) is 12.0. The lowest BCUT2D eigenvalue weighted by molar-refractivity contribution is 0.0953. The van der Waals surface area contributed by atoms with Crippen molar-refractivity contribution < 1.29 is 19.1 Å². The number of furan rings is 1. The molecule has 1 amide bonds. The van der Waals surface area contributed by atoms with Crippen molar-refractivity contribution in [3.8, 4) is 11.5 Å². The predicted molar refractivity (Wildman–Crippen MR) is 87.1 cm³/mol. The fraction of sp³-hybridized carbons (Fsp3) is 0.294. The zero-order valence-electron chi connectivity index (χ0n) is 13.4. The van der Waals surface area contributed by atoms with E-state index in [1.165, 1.54) is 12.3 Å². The molecule has 1 aromatic heterocycles. The van der Waals surface area contributed by atoms with Crippen LogP contribution >= 0.6 is 0 Å². The zero-order valence-corrected chi connectivity index (χ0v) is 13.4. The van der Waals surface area contributed by atoms with Crippen molar-refractivity contribution in [1.29, 1.82) is 0 Å². The molecule has 23 heavy (non-hydrogen) atoms. The van der Waals surface area contributed by atoms with Crippen LogP contribution in [0.25, 0.3) is 0 Å². The van der Waals surface area contributed by atoms with Gasteiger partial charge in [0.1, 0.15) is 23.0 Å². The second-order valence-electron chi connectivity index (χ2n) is 5.10. The Hall–Kier alpha value is -2.76. The number of benzene rings is 1. The molecule has 0 radical (unpaired) electrons. The average molecular weight is 316 g/mol. The van der Waals surface area contributed by atoms with Crippen LogP contribution < -0.4 is 10.2 Å². The number of ether oxygens (including phenoxy) is 1. The third kappa shape index (κ3) is 4.35. The summed E-state index contributed by atoms with van der Waals surface area (Å²) in [5.41, 5.74) is 3.32. The molecule has 0 unspecified atom stereocenters. The molecule has 0 atom stereocenters. The summed E-state index contributed by atoms with van der Waals surface area (Å²) in [5, 5.41) is 13.8. The Balaban J connectivity index is 2.00. The first-order valence-corrected chi connectivity index (χ1v) is 7.37. The van der Waals surface area contributed by atoms with Crippen molar-refractivity contribution in [2.24, 2.45) is 5.10 Å². The summed E-state index contributed by atoms with van der Waals surface area (Å²) < 4.78 is 10.7. The molecule has 122 valence electrons. The van der Waals surface area contributed by atoms with Crippen molar-refractivity contribution in [3.05, 3.63) is 46.9 Å². The van der Waals surface area contributed by atoms with Crippen LogP contribution in [0, 0.1) is 13.8 Å². The summed E-state index contributed by atoms with van der Waals surface area (Å²) in [6.45, 7) is 6.08. The molecule has 0 aliphatic carbocycles. The topological polar surface area (TPSA) is 84.1 Å². The molecule has 0 aliphatic rings. The smallest absolute Gasteiger partial charge is 0.274 e. The number of carbonyl (C=O) groups excluding carboxylic acids is 1. The number of phenolic OH excluding ortho intramolecular Hbond substituents is 1. The Labute approximate surface area is 134 Å². The molecule has 6 nitrogen and oxygen atoms in total. The monoisotopic (exact) mass is 316 g/mol. The third-order valence-corrected chi connectivity index (χ3v) is 3.13. The normalized spacial score (nSPS) is 10.9. The largest absolute Gasteiger partial charge is 0.507 e. The molecule has 1 aromatic carbocycles. The first-order chi connectivity index (χ1) is 11.0. The Morgan fingerprint density at radius 2 is 2.17 bits per heavy atom. The van der Waals surface area contributed by atoms with E-state index in [-0.39, 0.29) is 11.7 Å². The van der Waals surface area contributed by atoms with E-state index in [0.29, 0.717) is 35.0 Å². The summed E-state index contributed by atoms with van der Waals surface area (Å²) in [6.07, 6.45) is 2.27. The van der Waals surface area contributed by atoms with E-state index >= 15 is 0 Å². The molecular formula is C17H20N2O4. The lowest BCUT2D eigenvalue weighted by atomic mass is 10.2. The highest BCUT2D eigenvalue weighted by Crippen LogP contribution is 2.22. The molecular weight excluding hydrogens is 296 g/mol. The van der Waals surface area contributed by atoms with Gasteiger partial charge in [-0.2, -0.15) is 5.10 Å². The molecule has 2 N–H and O–H groups in total.